The van der Waals surface area contributed by atoms with Gasteiger partial charge in [-0.3, -0.25) is 4.90 Å². The van der Waals surface area contributed by atoms with Gasteiger partial charge in [-0.1, -0.05) is 18.2 Å². The average Bonchev–Trinajstić information content (AvgIpc) is 2.68. The van der Waals surface area contributed by atoms with Crippen LogP contribution in [0.4, 0.5) is 0 Å². The Labute approximate surface area is 85.7 Å². The van der Waals surface area contributed by atoms with Crippen molar-refractivity contribution in [2.45, 2.75) is 25.8 Å². The number of nitrogens with zero attached hydrogens (tertiary/aromatic N) is 1. The maximum Gasteiger partial charge on any atom is 0.0379 e. The molecule has 0 radical (unpaired) electrons. The normalized spacial score (nSPS) is 30.4. The SMILES string of the molecule is Cc1cccc2c1CC1CCN(C)C21. The van der Waals surface area contributed by atoms with Crippen LogP contribution in [0, 0.1) is 12.8 Å². The van der Waals surface area contributed by atoms with Crippen molar-refractivity contribution in [2.24, 2.45) is 5.92 Å². The maximum absolute atomic E-state index is 2.52. The molecule has 14 heavy (non-hydrogen) atoms. The van der Waals surface area contributed by atoms with Crippen molar-refractivity contribution >= 4 is 0 Å². The molecular formula is C13H17N. The molecule has 1 heteroatoms. The summed E-state index contributed by atoms with van der Waals surface area (Å²) in [6.45, 7) is 3.53. The number of likely N-dealkylation sites (tertiary alicyclic amines) is 1. The molecule has 0 aromatic heterocycles. The Morgan fingerprint density at radius 2 is 2.21 bits per heavy atom. The van der Waals surface area contributed by atoms with Gasteiger partial charge in [0.05, 0.1) is 0 Å². The first-order valence-electron chi connectivity index (χ1n) is 5.56. The molecule has 1 fully saturated rings. The van der Waals surface area contributed by atoms with E-state index in [4.69, 9.17) is 0 Å². The molecule has 0 bridgehead atoms. The predicted molar refractivity (Wildman–Crippen MR) is 58.4 cm³/mol. The molecule has 2 atom stereocenters. The van der Waals surface area contributed by atoms with Crippen molar-refractivity contribution in [1.82, 2.24) is 4.90 Å². The van der Waals surface area contributed by atoms with E-state index in [9.17, 15) is 0 Å². The van der Waals surface area contributed by atoms with Crippen LogP contribution >= 0.6 is 0 Å². The maximum atomic E-state index is 2.52. The van der Waals surface area contributed by atoms with E-state index in [-0.39, 0.29) is 0 Å². The topological polar surface area (TPSA) is 3.24 Å². The molecule has 1 aromatic carbocycles. The fourth-order valence-corrected chi connectivity index (χ4v) is 3.27. The minimum absolute atomic E-state index is 0.727. The van der Waals surface area contributed by atoms with Crippen molar-refractivity contribution in [3.8, 4) is 0 Å². The molecule has 2 unspecified atom stereocenters. The third-order valence-electron chi connectivity index (χ3n) is 4.01. The molecule has 3 rings (SSSR count). The smallest absolute Gasteiger partial charge is 0.0379 e. The highest BCUT2D eigenvalue weighted by Crippen LogP contribution is 2.46. The summed E-state index contributed by atoms with van der Waals surface area (Å²) >= 11 is 0. The van der Waals surface area contributed by atoms with Gasteiger partial charge in [0.2, 0.25) is 0 Å². The van der Waals surface area contributed by atoms with E-state index in [0.29, 0.717) is 0 Å². The number of aryl methyl sites for hydroxylation is 1. The molecule has 0 amide bonds. The van der Waals surface area contributed by atoms with Gasteiger partial charge in [-0.15, -0.1) is 0 Å². The lowest BCUT2D eigenvalue weighted by atomic mass is 10.0. The second-order valence-corrected chi connectivity index (χ2v) is 4.82. The first-order chi connectivity index (χ1) is 6.77. The Hall–Kier alpha value is -0.820. The molecular weight excluding hydrogens is 170 g/mol. The van der Waals surface area contributed by atoms with E-state index < -0.39 is 0 Å². The van der Waals surface area contributed by atoms with Gasteiger partial charge >= 0.3 is 0 Å². The lowest BCUT2D eigenvalue weighted by Gasteiger charge is -2.19. The number of hydrogen-bond donors (Lipinski definition) is 0. The second-order valence-electron chi connectivity index (χ2n) is 4.82. The van der Waals surface area contributed by atoms with E-state index in [0.717, 1.165) is 12.0 Å². The van der Waals surface area contributed by atoms with Crippen molar-refractivity contribution in [2.75, 3.05) is 13.6 Å². The number of benzene rings is 1. The Morgan fingerprint density at radius 1 is 1.36 bits per heavy atom. The van der Waals surface area contributed by atoms with Gasteiger partial charge in [-0.05, 0) is 56.0 Å². The van der Waals surface area contributed by atoms with Crippen molar-refractivity contribution < 1.29 is 0 Å². The Morgan fingerprint density at radius 3 is 3.07 bits per heavy atom. The number of rotatable bonds is 0. The van der Waals surface area contributed by atoms with E-state index in [2.05, 4.69) is 37.1 Å². The zero-order valence-corrected chi connectivity index (χ0v) is 8.96. The highest BCUT2D eigenvalue weighted by Gasteiger charge is 2.39. The summed E-state index contributed by atoms with van der Waals surface area (Å²) in [6.07, 6.45) is 2.70. The summed E-state index contributed by atoms with van der Waals surface area (Å²) in [5, 5.41) is 0. The average molecular weight is 187 g/mol. The molecule has 2 aliphatic rings. The summed E-state index contributed by atoms with van der Waals surface area (Å²) in [5.41, 5.74) is 4.73. The van der Waals surface area contributed by atoms with Gasteiger partial charge in [-0.2, -0.15) is 0 Å². The van der Waals surface area contributed by atoms with E-state index in [1.54, 1.807) is 11.1 Å². The molecule has 1 nitrogen and oxygen atoms in total. The van der Waals surface area contributed by atoms with Crippen LogP contribution < -0.4 is 0 Å². The largest absolute Gasteiger partial charge is 0.299 e. The van der Waals surface area contributed by atoms with Crippen molar-refractivity contribution in [3.05, 3.63) is 34.9 Å². The van der Waals surface area contributed by atoms with Gasteiger partial charge in [-0.25, -0.2) is 0 Å². The van der Waals surface area contributed by atoms with E-state index in [1.807, 2.05) is 0 Å². The first kappa shape index (κ1) is 8.49. The van der Waals surface area contributed by atoms with Crippen molar-refractivity contribution in [1.29, 1.82) is 0 Å². The third-order valence-corrected chi connectivity index (χ3v) is 4.01. The van der Waals surface area contributed by atoms with Gasteiger partial charge in [0.15, 0.2) is 0 Å². The van der Waals surface area contributed by atoms with Crippen LogP contribution in [0.3, 0.4) is 0 Å². The fraction of sp³-hybridized carbons (Fsp3) is 0.538. The Kier molecular flexibility index (Phi) is 1.72. The lowest BCUT2D eigenvalue weighted by Crippen LogP contribution is -2.18. The zero-order valence-electron chi connectivity index (χ0n) is 8.96. The summed E-state index contributed by atoms with van der Waals surface area (Å²) in [4.78, 5) is 2.52. The minimum atomic E-state index is 0.727. The van der Waals surface area contributed by atoms with Gasteiger partial charge in [0.25, 0.3) is 0 Å². The Bertz CT molecular complexity index is 369. The van der Waals surface area contributed by atoms with E-state index >= 15 is 0 Å². The fourth-order valence-electron chi connectivity index (χ4n) is 3.27. The predicted octanol–water partition coefficient (Wildman–Crippen LogP) is 2.54. The molecule has 74 valence electrons. The highest BCUT2D eigenvalue weighted by atomic mass is 15.2. The van der Waals surface area contributed by atoms with Crippen LogP contribution in [-0.2, 0) is 6.42 Å². The standard InChI is InChI=1S/C13H17N/c1-9-4-3-5-11-12(9)8-10-6-7-14(2)13(10)11/h3-5,10,13H,6-8H2,1-2H3. The van der Waals surface area contributed by atoms with Gasteiger partial charge < -0.3 is 0 Å². The van der Waals surface area contributed by atoms with Crippen LogP contribution in [0.2, 0.25) is 0 Å². The number of fused-ring (bicyclic) bond motifs is 3. The summed E-state index contributed by atoms with van der Waals surface area (Å²) in [5.74, 6) is 0.899. The van der Waals surface area contributed by atoms with Crippen LogP contribution in [0.5, 0.6) is 0 Å². The zero-order chi connectivity index (χ0) is 9.71. The molecule has 1 aromatic rings. The summed E-state index contributed by atoms with van der Waals surface area (Å²) in [6, 6.07) is 7.52. The summed E-state index contributed by atoms with van der Waals surface area (Å²) in [7, 11) is 2.27. The molecule has 1 saturated heterocycles. The van der Waals surface area contributed by atoms with Crippen LogP contribution in [0.15, 0.2) is 18.2 Å². The van der Waals surface area contributed by atoms with Crippen molar-refractivity contribution in [3.63, 3.8) is 0 Å². The van der Waals surface area contributed by atoms with Crippen LogP contribution in [0.25, 0.3) is 0 Å². The first-order valence-corrected chi connectivity index (χ1v) is 5.56. The molecule has 1 heterocycles. The van der Waals surface area contributed by atoms with Crippen LogP contribution in [-0.4, -0.2) is 18.5 Å². The van der Waals surface area contributed by atoms with E-state index in [1.165, 1.54) is 24.9 Å². The minimum Gasteiger partial charge on any atom is -0.299 e. The lowest BCUT2D eigenvalue weighted by molar-refractivity contribution is 0.292. The number of hydrogen-bond acceptors (Lipinski definition) is 1. The Balaban J connectivity index is 2.11. The molecule has 0 spiro atoms. The summed E-state index contributed by atoms with van der Waals surface area (Å²) < 4.78 is 0. The third kappa shape index (κ3) is 0.992. The highest BCUT2D eigenvalue weighted by molar-refractivity contribution is 5.42. The molecule has 0 N–H and O–H groups in total. The molecule has 1 aliphatic carbocycles. The second kappa shape index (κ2) is 2.83. The van der Waals surface area contributed by atoms with Gasteiger partial charge in [0, 0.05) is 6.04 Å². The molecule has 1 aliphatic heterocycles. The quantitative estimate of drug-likeness (QED) is 0.603. The van der Waals surface area contributed by atoms with Crippen LogP contribution in [0.1, 0.15) is 29.2 Å². The monoisotopic (exact) mass is 187 g/mol. The van der Waals surface area contributed by atoms with Gasteiger partial charge in [0.1, 0.15) is 0 Å². The molecule has 0 saturated carbocycles.